The standard InChI is InChI=1S/C16H18N2O3/c1-3-20-16(19)13-8-9-15(18-11-13)21-14-7-5-4-6-12(14)10-17-2/h4-9,11,17H,3,10H2,1-2H3. The molecule has 5 heteroatoms. The van der Waals surface area contributed by atoms with Gasteiger partial charge in [-0.2, -0.15) is 0 Å². The van der Waals surface area contributed by atoms with Crippen molar-refractivity contribution in [2.75, 3.05) is 13.7 Å². The molecule has 2 aromatic rings. The molecule has 0 spiro atoms. The van der Waals surface area contributed by atoms with Crippen LogP contribution in [0.15, 0.2) is 42.6 Å². The maximum absolute atomic E-state index is 11.5. The Morgan fingerprint density at radius 1 is 1.24 bits per heavy atom. The minimum absolute atomic E-state index is 0.342. The van der Waals surface area contributed by atoms with Crippen LogP contribution in [0, 0.1) is 0 Å². The molecule has 0 unspecified atom stereocenters. The third-order valence-corrected chi connectivity index (χ3v) is 2.80. The molecule has 0 saturated carbocycles. The lowest BCUT2D eigenvalue weighted by molar-refractivity contribution is 0.0526. The van der Waals surface area contributed by atoms with E-state index >= 15 is 0 Å². The fourth-order valence-electron chi connectivity index (χ4n) is 1.83. The lowest BCUT2D eigenvalue weighted by atomic mass is 10.2. The summed E-state index contributed by atoms with van der Waals surface area (Å²) in [4.78, 5) is 15.7. The predicted octanol–water partition coefficient (Wildman–Crippen LogP) is 2.77. The Morgan fingerprint density at radius 2 is 2.05 bits per heavy atom. The van der Waals surface area contributed by atoms with Crippen molar-refractivity contribution in [3.63, 3.8) is 0 Å². The number of benzene rings is 1. The van der Waals surface area contributed by atoms with Gasteiger partial charge in [0.25, 0.3) is 0 Å². The molecule has 1 aromatic heterocycles. The fourth-order valence-corrected chi connectivity index (χ4v) is 1.83. The van der Waals surface area contributed by atoms with Crippen LogP contribution in [0.25, 0.3) is 0 Å². The maximum atomic E-state index is 11.5. The van der Waals surface area contributed by atoms with Crippen molar-refractivity contribution in [2.45, 2.75) is 13.5 Å². The lowest BCUT2D eigenvalue weighted by Crippen LogP contribution is -2.07. The summed E-state index contributed by atoms with van der Waals surface area (Å²) in [6.45, 7) is 2.81. The summed E-state index contributed by atoms with van der Waals surface area (Å²) in [6, 6.07) is 11.0. The number of pyridine rings is 1. The highest BCUT2D eigenvalue weighted by atomic mass is 16.5. The quantitative estimate of drug-likeness (QED) is 0.827. The van der Waals surface area contributed by atoms with Crippen molar-refractivity contribution in [1.29, 1.82) is 0 Å². The van der Waals surface area contributed by atoms with E-state index in [2.05, 4.69) is 10.3 Å². The third kappa shape index (κ3) is 4.03. The molecular weight excluding hydrogens is 268 g/mol. The van der Waals surface area contributed by atoms with Gasteiger partial charge in [0.15, 0.2) is 0 Å². The molecule has 0 aliphatic heterocycles. The number of carbonyl (C=O) groups excluding carboxylic acids is 1. The largest absolute Gasteiger partial charge is 0.462 e. The van der Waals surface area contributed by atoms with E-state index < -0.39 is 0 Å². The maximum Gasteiger partial charge on any atom is 0.339 e. The Bertz CT molecular complexity index is 597. The second-order valence-corrected chi connectivity index (χ2v) is 4.35. The molecule has 0 saturated heterocycles. The number of esters is 1. The SMILES string of the molecule is CCOC(=O)c1ccc(Oc2ccccc2CNC)nc1. The summed E-state index contributed by atoms with van der Waals surface area (Å²) in [5.41, 5.74) is 1.45. The minimum atomic E-state index is -0.382. The van der Waals surface area contributed by atoms with E-state index in [4.69, 9.17) is 9.47 Å². The number of carbonyl (C=O) groups is 1. The highest BCUT2D eigenvalue weighted by Crippen LogP contribution is 2.23. The van der Waals surface area contributed by atoms with Crippen LogP contribution >= 0.6 is 0 Å². The van der Waals surface area contributed by atoms with E-state index in [-0.39, 0.29) is 5.97 Å². The topological polar surface area (TPSA) is 60.5 Å². The lowest BCUT2D eigenvalue weighted by Gasteiger charge is -2.10. The van der Waals surface area contributed by atoms with E-state index in [1.165, 1.54) is 6.20 Å². The summed E-state index contributed by atoms with van der Waals surface area (Å²) in [5, 5.41) is 3.09. The first-order chi connectivity index (χ1) is 10.2. The first-order valence-electron chi connectivity index (χ1n) is 6.78. The van der Waals surface area contributed by atoms with Gasteiger partial charge >= 0.3 is 5.97 Å². The molecule has 110 valence electrons. The molecule has 1 aromatic carbocycles. The van der Waals surface area contributed by atoms with Crippen LogP contribution in [0.1, 0.15) is 22.8 Å². The molecule has 0 aliphatic rings. The van der Waals surface area contributed by atoms with Gasteiger partial charge in [-0.25, -0.2) is 9.78 Å². The van der Waals surface area contributed by atoms with Gasteiger partial charge in [0.2, 0.25) is 5.88 Å². The van der Waals surface area contributed by atoms with Crippen molar-refractivity contribution in [3.8, 4) is 11.6 Å². The van der Waals surface area contributed by atoms with E-state index in [0.717, 1.165) is 11.3 Å². The van der Waals surface area contributed by atoms with Crippen molar-refractivity contribution >= 4 is 5.97 Å². The average Bonchev–Trinajstić information content (AvgIpc) is 2.50. The molecule has 0 radical (unpaired) electrons. The highest BCUT2D eigenvalue weighted by molar-refractivity contribution is 5.89. The van der Waals surface area contributed by atoms with Gasteiger partial charge in [-0.15, -0.1) is 0 Å². The molecule has 0 amide bonds. The van der Waals surface area contributed by atoms with Gasteiger partial charge in [0.1, 0.15) is 5.75 Å². The van der Waals surface area contributed by atoms with Crippen LogP contribution in [0.2, 0.25) is 0 Å². The average molecular weight is 286 g/mol. The molecule has 21 heavy (non-hydrogen) atoms. The van der Waals surface area contributed by atoms with E-state index in [1.54, 1.807) is 19.1 Å². The number of aromatic nitrogens is 1. The monoisotopic (exact) mass is 286 g/mol. The van der Waals surface area contributed by atoms with Crippen LogP contribution in [-0.4, -0.2) is 24.6 Å². The minimum Gasteiger partial charge on any atom is -0.462 e. The number of para-hydroxylation sites is 1. The van der Waals surface area contributed by atoms with Crippen molar-refractivity contribution in [3.05, 3.63) is 53.7 Å². The molecule has 1 heterocycles. The molecule has 1 N–H and O–H groups in total. The van der Waals surface area contributed by atoms with Crippen molar-refractivity contribution in [2.24, 2.45) is 0 Å². The van der Waals surface area contributed by atoms with Crippen molar-refractivity contribution < 1.29 is 14.3 Å². The smallest absolute Gasteiger partial charge is 0.339 e. The predicted molar refractivity (Wildman–Crippen MR) is 79.5 cm³/mol. The molecule has 5 nitrogen and oxygen atoms in total. The van der Waals surface area contributed by atoms with Crippen LogP contribution in [0.5, 0.6) is 11.6 Å². The molecular formula is C16H18N2O3. The summed E-state index contributed by atoms with van der Waals surface area (Å²) < 4.78 is 10.7. The van der Waals surface area contributed by atoms with Gasteiger partial charge in [0, 0.05) is 24.4 Å². The van der Waals surface area contributed by atoms with Gasteiger partial charge in [-0.05, 0) is 26.1 Å². The van der Waals surface area contributed by atoms with E-state index in [1.807, 2.05) is 31.3 Å². The van der Waals surface area contributed by atoms with Gasteiger partial charge < -0.3 is 14.8 Å². The molecule has 0 atom stereocenters. The summed E-state index contributed by atoms with van der Waals surface area (Å²) in [6.07, 6.45) is 1.45. The third-order valence-electron chi connectivity index (χ3n) is 2.80. The first kappa shape index (κ1) is 15.0. The van der Waals surface area contributed by atoms with Crippen LogP contribution < -0.4 is 10.1 Å². The Kier molecular flexibility index (Phi) is 5.29. The molecule has 0 fully saturated rings. The first-order valence-corrected chi connectivity index (χ1v) is 6.78. The summed E-state index contributed by atoms with van der Waals surface area (Å²) >= 11 is 0. The Labute approximate surface area is 123 Å². The Morgan fingerprint density at radius 3 is 2.71 bits per heavy atom. The fraction of sp³-hybridized carbons (Fsp3) is 0.250. The summed E-state index contributed by atoms with van der Waals surface area (Å²) in [7, 11) is 1.88. The Balaban J connectivity index is 2.12. The molecule has 2 rings (SSSR count). The van der Waals surface area contributed by atoms with Crippen LogP contribution in [0.4, 0.5) is 0 Å². The zero-order chi connectivity index (χ0) is 15.1. The number of hydrogen-bond acceptors (Lipinski definition) is 5. The van der Waals surface area contributed by atoms with Crippen LogP contribution in [0.3, 0.4) is 0 Å². The second-order valence-electron chi connectivity index (χ2n) is 4.35. The molecule has 0 aliphatic carbocycles. The number of nitrogens with one attached hydrogen (secondary N) is 1. The normalized spacial score (nSPS) is 10.2. The Hall–Kier alpha value is -2.40. The van der Waals surface area contributed by atoms with Crippen LogP contribution in [-0.2, 0) is 11.3 Å². The zero-order valence-electron chi connectivity index (χ0n) is 12.1. The number of hydrogen-bond donors (Lipinski definition) is 1. The number of ether oxygens (including phenoxy) is 2. The number of rotatable bonds is 6. The molecule has 0 bridgehead atoms. The second kappa shape index (κ2) is 7.40. The van der Waals surface area contributed by atoms with E-state index in [0.29, 0.717) is 24.6 Å². The van der Waals surface area contributed by atoms with Gasteiger partial charge in [0.05, 0.1) is 12.2 Å². The van der Waals surface area contributed by atoms with E-state index in [9.17, 15) is 4.79 Å². The van der Waals surface area contributed by atoms with Gasteiger partial charge in [-0.1, -0.05) is 18.2 Å². The zero-order valence-corrected chi connectivity index (χ0v) is 12.1. The highest BCUT2D eigenvalue weighted by Gasteiger charge is 2.08. The number of nitrogens with zero attached hydrogens (tertiary/aromatic N) is 1. The van der Waals surface area contributed by atoms with Crippen molar-refractivity contribution in [1.82, 2.24) is 10.3 Å². The van der Waals surface area contributed by atoms with Gasteiger partial charge in [-0.3, -0.25) is 0 Å². The summed E-state index contributed by atoms with van der Waals surface area (Å²) in [5.74, 6) is 0.793.